The van der Waals surface area contributed by atoms with Gasteiger partial charge in [0.05, 0.1) is 6.04 Å². The van der Waals surface area contributed by atoms with Gasteiger partial charge in [0.2, 0.25) is 5.91 Å². The maximum Gasteiger partial charge on any atom is 0.293 e. The average molecular weight is 227 g/mol. The van der Waals surface area contributed by atoms with E-state index >= 15 is 0 Å². The van der Waals surface area contributed by atoms with E-state index in [0.717, 1.165) is 32.2 Å². The van der Waals surface area contributed by atoms with Gasteiger partial charge in [0.25, 0.3) is 7.48 Å². The minimum absolute atomic E-state index is 0.0198. The number of unbranched alkanes of at least 4 members (excludes halogenated alkanes) is 1. The number of hydrogen-bond donors (Lipinski definition) is 3. The number of hydrogen-bond acceptors (Lipinski definition) is 4. The van der Waals surface area contributed by atoms with Crippen LogP contribution in [0, 0.1) is 0 Å². The molecule has 2 atom stereocenters. The standard InChI is InChI=1S/C10H22BN3O2/c12-6-2-1-4-8(13)10(15)14-7-3-5-9(14)11-16/h8-9,11,16H,1-7,12-13H2. The van der Waals surface area contributed by atoms with Crippen molar-refractivity contribution in [2.45, 2.75) is 44.1 Å². The van der Waals surface area contributed by atoms with E-state index in [1.165, 1.54) is 0 Å². The molecule has 1 fully saturated rings. The Hall–Kier alpha value is -0.585. The molecule has 16 heavy (non-hydrogen) atoms. The molecule has 1 saturated heterocycles. The van der Waals surface area contributed by atoms with Crippen LogP contribution < -0.4 is 11.5 Å². The zero-order chi connectivity index (χ0) is 12.0. The van der Waals surface area contributed by atoms with Crippen molar-refractivity contribution in [2.24, 2.45) is 11.5 Å². The Labute approximate surface area is 97.4 Å². The summed E-state index contributed by atoms with van der Waals surface area (Å²) in [5.41, 5.74) is 11.2. The van der Waals surface area contributed by atoms with Gasteiger partial charge in [0, 0.05) is 12.5 Å². The Balaban J connectivity index is 2.37. The molecule has 1 heterocycles. The van der Waals surface area contributed by atoms with E-state index in [9.17, 15) is 4.79 Å². The lowest BCUT2D eigenvalue weighted by atomic mass is 9.86. The number of amides is 1. The van der Waals surface area contributed by atoms with Crippen molar-refractivity contribution in [3.63, 3.8) is 0 Å². The molecule has 1 rings (SSSR count). The van der Waals surface area contributed by atoms with Gasteiger partial charge in [0.15, 0.2) is 0 Å². The minimum Gasteiger partial charge on any atom is -0.452 e. The zero-order valence-electron chi connectivity index (χ0n) is 9.77. The number of likely N-dealkylation sites (tertiary alicyclic amines) is 1. The molecule has 0 aromatic heterocycles. The summed E-state index contributed by atoms with van der Waals surface area (Å²) < 4.78 is 0. The fourth-order valence-corrected chi connectivity index (χ4v) is 2.16. The molecule has 6 heteroatoms. The van der Waals surface area contributed by atoms with Gasteiger partial charge in [-0.2, -0.15) is 0 Å². The second-order valence-corrected chi connectivity index (χ2v) is 4.40. The highest BCUT2D eigenvalue weighted by Gasteiger charge is 2.31. The molecule has 2 unspecified atom stereocenters. The topological polar surface area (TPSA) is 92.6 Å². The van der Waals surface area contributed by atoms with Gasteiger partial charge in [-0.05, 0) is 32.2 Å². The minimum atomic E-state index is -0.432. The molecular formula is C10H22BN3O2. The number of nitrogens with two attached hydrogens (primary N) is 2. The Morgan fingerprint density at radius 3 is 2.94 bits per heavy atom. The first-order valence-corrected chi connectivity index (χ1v) is 6.07. The maximum atomic E-state index is 12.0. The SMILES string of the molecule is NCCCCC(N)C(=O)N1CCCC1BO. The lowest BCUT2D eigenvalue weighted by Gasteiger charge is -2.25. The average Bonchev–Trinajstić information content (AvgIpc) is 2.76. The van der Waals surface area contributed by atoms with Crippen molar-refractivity contribution < 1.29 is 9.82 Å². The summed E-state index contributed by atoms with van der Waals surface area (Å²) in [6.07, 6.45) is 4.33. The van der Waals surface area contributed by atoms with Crippen LogP contribution in [0.1, 0.15) is 32.1 Å². The van der Waals surface area contributed by atoms with Crippen LogP contribution >= 0.6 is 0 Å². The quantitative estimate of drug-likeness (QED) is 0.390. The molecule has 1 aliphatic heterocycles. The van der Waals surface area contributed by atoms with Crippen LogP contribution in [-0.4, -0.2) is 48.4 Å². The molecule has 5 nitrogen and oxygen atoms in total. The highest BCUT2D eigenvalue weighted by Crippen LogP contribution is 2.17. The molecule has 5 N–H and O–H groups in total. The third kappa shape index (κ3) is 3.47. The van der Waals surface area contributed by atoms with E-state index in [1.807, 2.05) is 0 Å². The first-order chi connectivity index (χ1) is 7.70. The van der Waals surface area contributed by atoms with Gasteiger partial charge >= 0.3 is 0 Å². The van der Waals surface area contributed by atoms with E-state index in [0.29, 0.717) is 13.0 Å². The molecule has 1 aliphatic rings. The number of carbonyl (C=O) groups is 1. The van der Waals surface area contributed by atoms with Crippen molar-refractivity contribution in [2.75, 3.05) is 13.1 Å². The zero-order valence-corrected chi connectivity index (χ0v) is 9.77. The van der Waals surface area contributed by atoms with Crippen molar-refractivity contribution >= 4 is 13.4 Å². The monoisotopic (exact) mass is 227 g/mol. The van der Waals surface area contributed by atoms with Gasteiger partial charge < -0.3 is 21.4 Å². The fourth-order valence-electron chi connectivity index (χ4n) is 2.16. The fraction of sp³-hybridized carbons (Fsp3) is 0.900. The van der Waals surface area contributed by atoms with Gasteiger partial charge in [-0.1, -0.05) is 6.42 Å². The van der Waals surface area contributed by atoms with Gasteiger partial charge in [-0.25, -0.2) is 0 Å². The van der Waals surface area contributed by atoms with Crippen LogP contribution in [0.25, 0.3) is 0 Å². The van der Waals surface area contributed by atoms with Crippen molar-refractivity contribution in [3.05, 3.63) is 0 Å². The predicted molar refractivity (Wildman–Crippen MR) is 65.0 cm³/mol. The second kappa shape index (κ2) is 6.88. The second-order valence-electron chi connectivity index (χ2n) is 4.40. The third-order valence-electron chi connectivity index (χ3n) is 3.16. The molecule has 1 amide bonds. The van der Waals surface area contributed by atoms with Crippen LogP contribution in [0.5, 0.6) is 0 Å². The van der Waals surface area contributed by atoms with Gasteiger partial charge in [-0.15, -0.1) is 0 Å². The summed E-state index contributed by atoms with van der Waals surface area (Å²) in [6, 6.07) is -0.432. The summed E-state index contributed by atoms with van der Waals surface area (Å²) >= 11 is 0. The van der Waals surface area contributed by atoms with E-state index in [-0.39, 0.29) is 19.3 Å². The van der Waals surface area contributed by atoms with Crippen LogP contribution in [-0.2, 0) is 4.79 Å². The summed E-state index contributed by atoms with van der Waals surface area (Å²) in [6.45, 7) is 1.37. The molecular weight excluding hydrogens is 205 g/mol. The predicted octanol–water partition coefficient (Wildman–Crippen LogP) is -1.26. The van der Waals surface area contributed by atoms with Crippen molar-refractivity contribution in [3.8, 4) is 0 Å². The Kier molecular flexibility index (Phi) is 5.80. The van der Waals surface area contributed by atoms with Gasteiger partial charge in [-0.3, -0.25) is 4.79 Å². The summed E-state index contributed by atoms with van der Waals surface area (Å²) in [5.74, 6) is -0.0402. The molecule has 0 bridgehead atoms. The molecule has 0 spiro atoms. The maximum absolute atomic E-state index is 12.0. The van der Waals surface area contributed by atoms with Gasteiger partial charge in [0.1, 0.15) is 0 Å². The summed E-state index contributed by atoms with van der Waals surface area (Å²) in [4.78, 5) is 13.7. The number of nitrogens with zero attached hydrogens (tertiary/aromatic N) is 1. The molecule has 0 aromatic rings. The van der Waals surface area contributed by atoms with E-state index in [1.54, 1.807) is 4.90 Å². The highest BCUT2D eigenvalue weighted by molar-refractivity contribution is 6.28. The van der Waals surface area contributed by atoms with Crippen LogP contribution in [0.2, 0.25) is 0 Å². The number of carbonyl (C=O) groups excluding carboxylic acids is 1. The van der Waals surface area contributed by atoms with E-state index < -0.39 is 6.04 Å². The molecule has 92 valence electrons. The highest BCUT2D eigenvalue weighted by atomic mass is 16.2. The normalized spacial score (nSPS) is 22.2. The summed E-state index contributed by atoms with van der Waals surface area (Å²) in [7, 11) is 0.0429. The molecule has 0 aromatic carbocycles. The lowest BCUT2D eigenvalue weighted by Crippen LogP contribution is -2.47. The smallest absolute Gasteiger partial charge is 0.293 e. The molecule has 0 aliphatic carbocycles. The van der Waals surface area contributed by atoms with E-state index in [4.69, 9.17) is 16.5 Å². The Morgan fingerprint density at radius 1 is 1.56 bits per heavy atom. The Morgan fingerprint density at radius 2 is 2.31 bits per heavy atom. The van der Waals surface area contributed by atoms with E-state index in [2.05, 4.69) is 0 Å². The first-order valence-electron chi connectivity index (χ1n) is 6.07. The lowest BCUT2D eigenvalue weighted by molar-refractivity contribution is -0.132. The van der Waals surface area contributed by atoms with Crippen LogP contribution in [0.4, 0.5) is 0 Å². The largest absolute Gasteiger partial charge is 0.452 e. The van der Waals surface area contributed by atoms with Crippen LogP contribution in [0.15, 0.2) is 0 Å². The summed E-state index contributed by atoms with van der Waals surface area (Å²) in [5, 5.41) is 9.13. The third-order valence-corrected chi connectivity index (χ3v) is 3.16. The molecule has 0 radical (unpaired) electrons. The van der Waals surface area contributed by atoms with Crippen molar-refractivity contribution in [1.29, 1.82) is 0 Å². The Bertz CT molecular complexity index is 228. The number of rotatable bonds is 6. The first kappa shape index (κ1) is 13.5. The molecule has 0 saturated carbocycles. The van der Waals surface area contributed by atoms with Crippen molar-refractivity contribution in [1.82, 2.24) is 4.90 Å². The van der Waals surface area contributed by atoms with Crippen LogP contribution in [0.3, 0.4) is 0 Å².